The van der Waals surface area contributed by atoms with Gasteiger partial charge < -0.3 is 0 Å². The van der Waals surface area contributed by atoms with Crippen molar-refractivity contribution in [2.45, 2.75) is 0 Å². The number of para-hydroxylation sites is 1. The lowest BCUT2D eigenvalue weighted by Crippen LogP contribution is -1.97. The van der Waals surface area contributed by atoms with E-state index in [0.29, 0.717) is 5.56 Å². The van der Waals surface area contributed by atoms with Crippen molar-refractivity contribution in [1.29, 1.82) is 5.26 Å². The lowest BCUT2D eigenvalue weighted by molar-refractivity contribution is 0.918. The summed E-state index contributed by atoms with van der Waals surface area (Å²) in [4.78, 5) is 0. The Bertz CT molecular complexity index is 1010. The van der Waals surface area contributed by atoms with E-state index in [1.165, 1.54) is 0 Å². The van der Waals surface area contributed by atoms with Crippen LogP contribution in [-0.4, -0.2) is 9.78 Å². The number of nitriles is 1. The van der Waals surface area contributed by atoms with Crippen molar-refractivity contribution in [2.75, 3.05) is 0 Å². The quantitative estimate of drug-likeness (QED) is 0.523. The Kier molecular flexibility index (Phi) is 2.48. The molecule has 0 aliphatic heterocycles. The number of rotatable bonds is 1. The minimum atomic E-state index is 0.686. The van der Waals surface area contributed by atoms with Gasteiger partial charge in [0.1, 0.15) is 0 Å². The van der Waals surface area contributed by atoms with Gasteiger partial charge in [-0.1, -0.05) is 42.5 Å². The van der Waals surface area contributed by atoms with Crippen molar-refractivity contribution in [1.82, 2.24) is 9.78 Å². The second kappa shape index (κ2) is 4.46. The van der Waals surface area contributed by atoms with Crippen LogP contribution in [0.3, 0.4) is 0 Å². The first kappa shape index (κ1) is 11.7. The summed E-state index contributed by atoms with van der Waals surface area (Å²) < 4.78 is 1.93. The van der Waals surface area contributed by atoms with Crippen LogP contribution in [0.5, 0.6) is 0 Å². The van der Waals surface area contributed by atoms with Gasteiger partial charge in [0.2, 0.25) is 0 Å². The molecule has 1 heterocycles. The van der Waals surface area contributed by atoms with Crippen molar-refractivity contribution >= 4 is 21.7 Å². The van der Waals surface area contributed by atoms with E-state index in [2.05, 4.69) is 17.2 Å². The molecule has 0 saturated carbocycles. The second-order valence-corrected chi connectivity index (χ2v) is 4.90. The van der Waals surface area contributed by atoms with Crippen molar-refractivity contribution in [3.63, 3.8) is 0 Å². The topological polar surface area (TPSA) is 41.6 Å². The van der Waals surface area contributed by atoms with E-state index in [4.69, 9.17) is 0 Å². The maximum Gasteiger partial charge on any atom is 0.0998 e. The molecule has 0 radical (unpaired) electrons. The highest BCUT2D eigenvalue weighted by molar-refractivity contribution is 5.95. The average molecular weight is 269 g/mol. The van der Waals surface area contributed by atoms with Gasteiger partial charge >= 0.3 is 0 Å². The number of hydrogen-bond donors (Lipinski definition) is 0. The molecule has 0 saturated heterocycles. The largest absolute Gasteiger partial charge is 0.232 e. The van der Waals surface area contributed by atoms with Crippen LogP contribution in [0.2, 0.25) is 0 Å². The Hall–Kier alpha value is -3.12. The zero-order valence-corrected chi connectivity index (χ0v) is 11.2. The Morgan fingerprint density at radius 3 is 2.48 bits per heavy atom. The van der Waals surface area contributed by atoms with Crippen LogP contribution in [0.4, 0.5) is 0 Å². The number of hydrogen-bond acceptors (Lipinski definition) is 2. The van der Waals surface area contributed by atoms with Crippen LogP contribution >= 0.6 is 0 Å². The second-order valence-electron chi connectivity index (χ2n) is 4.90. The van der Waals surface area contributed by atoms with E-state index < -0.39 is 0 Å². The van der Waals surface area contributed by atoms with E-state index in [-0.39, 0.29) is 0 Å². The normalized spacial score (nSPS) is 10.8. The van der Waals surface area contributed by atoms with Crippen molar-refractivity contribution in [3.05, 3.63) is 72.4 Å². The number of nitrogens with zero attached hydrogens (tertiary/aromatic N) is 3. The highest BCUT2D eigenvalue weighted by Crippen LogP contribution is 2.27. The first-order valence-corrected chi connectivity index (χ1v) is 6.73. The molecule has 0 spiro atoms. The molecule has 0 fully saturated rings. The molecule has 98 valence electrons. The molecule has 0 aliphatic rings. The van der Waals surface area contributed by atoms with E-state index in [9.17, 15) is 5.26 Å². The molecule has 21 heavy (non-hydrogen) atoms. The lowest BCUT2D eigenvalue weighted by Gasteiger charge is -2.09. The highest BCUT2D eigenvalue weighted by atomic mass is 15.3. The van der Waals surface area contributed by atoms with Crippen LogP contribution in [0.25, 0.3) is 27.4 Å². The smallest absolute Gasteiger partial charge is 0.0998 e. The maximum absolute atomic E-state index is 9.26. The van der Waals surface area contributed by atoms with Gasteiger partial charge in [-0.3, -0.25) is 0 Å². The molecule has 0 atom stereocenters. The molecule has 0 N–H and O–H groups in total. The Morgan fingerprint density at radius 2 is 1.62 bits per heavy atom. The summed E-state index contributed by atoms with van der Waals surface area (Å²) in [5.41, 5.74) is 2.74. The van der Waals surface area contributed by atoms with Gasteiger partial charge in [-0.15, -0.1) is 0 Å². The van der Waals surface area contributed by atoms with Gasteiger partial charge in [-0.2, -0.15) is 10.4 Å². The van der Waals surface area contributed by atoms with Gasteiger partial charge in [0.05, 0.1) is 29.0 Å². The first-order valence-electron chi connectivity index (χ1n) is 6.73. The van der Waals surface area contributed by atoms with Crippen molar-refractivity contribution < 1.29 is 0 Å². The minimum Gasteiger partial charge on any atom is -0.232 e. The Morgan fingerprint density at radius 1 is 0.857 bits per heavy atom. The molecule has 4 aromatic rings. The van der Waals surface area contributed by atoms with Crippen molar-refractivity contribution in [3.8, 4) is 11.8 Å². The van der Waals surface area contributed by atoms with Crippen LogP contribution in [0.15, 0.2) is 66.9 Å². The third kappa shape index (κ3) is 1.70. The Labute approximate surface area is 121 Å². The maximum atomic E-state index is 9.26. The van der Waals surface area contributed by atoms with Gasteiger partial charge in [-0.25, -0.2) is 4.68 Å². The van der Waals surface area contributed by atoms with Gasteiger partial charge in [0.15, 0.2) is 0 Å². The molecule has 0 unspecified atom stereocenters. The van der Waals surface area contributed by atoms with Crippen LogP contribution in [-0.2, 0) is 0 Å². The molecular weight excluding hydrogens is 258 g/mol. The van der Waals surface area contributed by atoms with Gasteiger partial charge in [0, 0.05) is 16.2 Å². The molecule has 0 amide bonds. The highest BCUT2D eigenvalue weighted by Gasteiger charge is 2.10. The lowest BCUT2D eigenvalue weighted by atomic mass is 10.0. The Balaban J connectivity index is 2.10. The summed E-state index contributed by atoms with van der Waals surface area (Å²) in [5, 5.41) is 16.9. The first-order chi connectivity index (χ1) is 10.4. The summed E-state index contributed by atoms with van der Waals surface area (Å²) in [7, 11) is 0. The number of benzene rings is 3. The van der Waals surface area contributed by atoms with E-state index >= 15 is 0 Å². The fourth-order valence-electron chi connectivity index (χ4n) is 2.73. The summed E-state index contributed by atoms with van der Waals surface area (Å²) in [6.07, 6.45) is 1.86. The predicted molar refractivity (Wildman–Crippen MR) is 83.3 cm³/mol. The third-order valence-electron chi connectivity index (χ3n) is 3.73. The molecule has 0 aliphatic carbocycles. The molecule has 0 bridgehead atoms. The summed E-state index contributed by atoms with van der Waals surface area (Å²) >= 11 is 0. The summed E-state index contributed by atoms with van der Waals surface area (Å²) in [6, 6.07) is 22.1. The average Bonchev–Trinajstić information content (AvgIpc) is 2.98. The number of fused-ring (bicyclic) bond motifs is 2. The fraction of sp³-hybridized carbons (Fsp3) is 0. The zero-order chi connectivity index (χ0) is 14.2. The summed E-state index contributed by atoms with van der Waals surface area (Å²) in [5.74, 6) is 0. The molecule has 4 rings (SSSR count). The standard InChI is InChI=1S/C18H11N3/c19-11-13-9-10-18(16-7-3-2-6-15(13)16)21-17-8-4-1-5-14(17)12-20-21/h1-10,12H. The third-order valence-corrected chi connectivity index (χ3v) is 3.73. The number of aromatic nitrogens is 2. The van der Waals surface area contributed by atoms with Crippen LogP contribution in [0, 0.1) is 11.3 Å². The molecule has 1 aromatic heterocycles. The fourth-order valence-corrected chi connectivity index (χ4v) is 2.73. The van der Waals surface area contributed by atoms with Gasteiger partial charge in [0.25, 0.3) is 0 Å². The van der Waals surface area contributed by atoms with E-state index in [1.807, 2.05) is 65.5 Å². The SMILES string of the molecule is N#Cc1ccc(-n2ncc3ccccc32)c2ccccc12. The molecule has 3 nitrogen and oxygen atoms in total. The molecular formula is C18H11N3. The van der Waals surface area contributed by atoms with Crippen molar-refractivity contribution in [2.24, 2.45) is 0 Å². The van der Waals surface area contributed by atoms with Crippen LogP contribution < -0.4 is 0 Å². The summed E-state index contributed by atoms with van der Waals surface area (Å²) in [6.45, 7) is 0. The monoisotopic (exact) mass is 269 g/mol. The molecule has 3 aromatic carbocycles. The van der Waals surface area contributed by atoms with E-state index in [0.717, 1.165) is 27.4 Å². The zero-order valence-electron chi connectivity index (χ0n) is 11.2. The van der Waals surface area contributed by atoms with Crippen LogP contribution in [0.1, 0.15) is 5.56 Å². The molecule has 3 heteroatoms. The predicted octanol–water partition coefficient (Wildman–Crippen LogP) is 4.05. The van der Waals surface area contributed by atoms with Gasteiger partial charge in [-0.05, 0) is 18.2 Å². The van der Waals surface area contributed by atoms with E-state index in [1.54, 1.807) is 0 Å². The minimum absolute atomic E-state index is 0.686.